The van der Waals surface area contributed by atoms with E-state index >= 15 is 0 Å². The van der Waals surface area contributed by atoms with Gasteiger partial charge in [0.05, 0.1) is 5.69 Å². The molecule has 0 unspecified atom stereocenters. The summed E-state index contributed by atoms with van der Waals surface area (Å²) in [6, 6.07) is 9.44. The molecule has 2 aromatic rings. The van der Waals surface area contributed by atoms with E-state index in [2.05, 4.69) is 4.98 Å². The molecule has 18 heavy (non-hydrogen) atoms. The minimum absolute atomic E-state index is 0.411. The van der Waals surface area contributed by atoms with Gasteiger partial charge in [0.1, 0.15) is 12.4 Å². The second-order valence-corrected chi connectivity index (χ2v) is 4.45. The van der Waals surface area contributed by atoms with Crippen LogP contribution in [0.4, 0.5) is 0 Å². The van der Waals surface area contributed by atoms with Gasteiger partial charge in [-0.3, -0.25) is 4.98 Å². The van der Waals surface area contributed by atoms with E-state index in [9.17, 15) is 0 Å². The molecular formula is C14H15ClN2O. The van der Waals surface area contributed by atoms with Crippen molar-refractivity contribution < 1.29 is 4.74 Å². The molecule has 0 bridgehead atoms. The summed E-state index contributed by atoms with van der Waals surface area (Å²) in [5.74, 6) is 0.786. The Balaban J connectivity index is 2.14. The average Bonchev–Trinajstić information content (AvgIpc) is 2.40. The zero-order valence-electron chi connectivity index (χ0n) is 10.2. The highest BCUT2D eigenvalue weighted by Crippen LogP contribution is 2.23. The highest BCUT2D eigenvalue weighted by atomic mass is 35.5. The van der Waals surface area contributed by atoms with Crippen molar-refractivity contribution in [3.63, 3.8) is 0 Å². The molecule has 0 saturated carbocycles. The summed E-state index contributed by atoms with van der Waals surface area (Å²) >= 11 is 5.94. The van der Waals surface area contributed by atoms with Crippen molar-refractivity contribution in [2.24, 2.45) is 5.73 Å². The predicted octanol–water partition coefficient (Wildman–Crippen LogP) is 3.08. The van der Waals surface area contributed by atoms with E-state index in [4.69, 9.17) is 22.1 Å². The first-order valence-electron chi connectivity index (χ1n) is 5.72. The molecule has 0 aliphatic heterocycles. The molecule has 0 spiro atoms. The van der Waals surface area contributed by atoms with Crippen molar-refractivity contribution in [2.75, 3.05) is 0 Å². The number of ether oxygens (including phenoxy) is 1. The van der Waals surface area contributed by atoms with Gasteiger partial charge in [-0.2, -0.15) is 0 Å². The van der Waals surface area contributed by atoms with E-state index in [-0.39, 0.29) is 0 Å². The van der Waals surface area contributed by atoms with Crippen LogP contribution in [0.2, 0.25) is 5.02 Å². The standard InChI is InChI=1S/C14H15ClN2O/c1-10-4-5-12(15)7-14(10)18-9-11-3-2-6-17-13(11)8-16/h2-7H,8-9,16H2,1H3. The van der Waals surface area contributed by atoms with Crippen molar-refractivity contribution in [2.45, 2.75) is 20.1 Å². The van der Waals surface area contributed by atoms with E-state index in [1.165, 1.54) is 0 Å². The smallest absolute Gasteiger partial charge is 0.124 e. The number of rotatable bonds is 4. The van der Waals surface area contributed by atoms with Crippen LogP contribution < -0.4 is 10.5 Å². The number of nitrogens with zero attached hydrogens (tertiary/aromatic N) is 1. The summed E-state index contributed by atoms with van der Waals surface area (Å²) in [6.45, 7) is 2.84. The molecule has 2 rings (SSSR count). The fourth-order valence-electron chi connectivity index (χ4n) is 1.67. The van der Waals surface area contributed by atoms with Crippen molar-refractivity contribution in [3.8, 4) is 5.75 Å². The lowest BCUT2D eigenvalue weighted by molar-refractivity contribution is 0.302. The number of aromatic nitrogens is 1. The van der Waals surface area contributed by atoms with Crippen molar-refractivity contribution in [3.05, 3.63) is 58.4 Å². The molecular weight excluding hydrogens is 248 g/mol. The van der Waals surface area contributed by atoms with Gasteiger partial charge in [0, 0.05) is 23.3 Å². The topological polar surface area (TPSA) is 48.1 Å². The van der Waals surface area contributed by atoms with Gasteiger partial charge in [0.2, 0.25) is 0 Å². The van der Waals surface area contributed by atoms with E-state index in [0.29, 0.717) is 18.2 Å². The largest absolute Gasteiger partial charge is 0.489 e. The van der Waals surface area contributed by atoms with Gasteiger partial charge in [0.15, 0.2) is 0 Å². The number of halogens is 1. The Hall–Kier alpha value is -1.58. The van der Waals surface area contributed by atoms with Gasteiger partial charge >= 0.3 is 0 Å². The number of hydrogen-bond donors (Lipinski definition) is 1. The zero-order chi connectivity index (χ0) is 13.0. The van der Waals surface area contributed by atoms with Crippen LogP contribution in [0.15, 0.2) is 36.5 Å². The summed E-state index contributed by atoms with van der Waals surface area (Å²) in [5.41, 5.74) is 8.55. The number of aryl methyl sites for hydroxylation is 1. The first-order valence-corrected chi connectivity index (χ1v) is 6.10. The Morgan fingerprint density at radius 2 is 2.17 bits per heavy atom. The lowest BCUT2D eigenvalue weighted by atomic mass is 10.2. The van der Waals surface area contributed by atoms with Crippen LogP contribution in [-0.2, 0) is 13.2 Å². The highest BCUT2D eigenvalue weighted by molar-refractivity contribution is 6.30. The van der Waals surface area contributed by atoms with E-state index < -0.39 is 0 Å². The first kappa shape index (κ1) is 12.9. The van der Waals surface area contributed by atoms with Gasteiger partial charge in [-0.1, -0.05) is 23.7 Å². The van der Waals surface area contributed by atoms with Crippen molar-refractivity contribution in [1.82, 2.24) is 4.98 Å². The minimum atomic E-state index is 0.411. The summed E-state index contributed by atoms with van der Waals surface area (Å²) < 4.78 is 5.77. The Morgan fingerprint density at radius 3 is 2.94 bits per heavy atom. The van der Waals surface area contributed by atoms with Crippen LogP contribution in [0.1, 0.15) is 16.8 Å². The summed E-state index contributed by atoms with van der Waals surface area (Å²) in [4.78, 5) is 4.22. The van der Waals surface area contributed by atoms with E-state index in [1.807, 2.05) is 37.3 Å². The molecule has 94 valence electrons. The van der Waals surface area contributed by atoms with Gasteiger partial charge in [-0.25, -0.2) is 0 Å². The second kappa shape index (κ2) is 5.85. The van der Waals surface area contributed by atoms with Crippen LogP contribution in [0, 0.1) is 6.92 Å². The third kappa shape index (κ3) is 3.00. The van der Waals surface area contributed by atoms with Crippen LogP contribution in [0.25, 0.3) is 0 Å². The Labute approximate surface area is 112 Å². The quantitative estimate of drug-likeness (QED) is 0.921. The van der Waals surface area contributed by atoms with Crippen LogP contribution in [0.5, 0.6) is 5.75 Å². The summed E-state index contributed by atoms with van der Waals surface area (Å²) in [5, 5.41) is 0.667. The Bertz CT molecular complexity index is 543. The molecule has 0 aliphatic rings. The molecule has 0 fully saturated rings. The SMILES string of the molecule is Cc1ccc(Cl)cc1OCc1cccnc1CN. The molecule has 3 nitrogen and oxygen atoms in total. The fraction of sp³-hybridized carbons (Fsp3) is 0.214. The number of hydrogen-bond acceptors (Lipinski definition) is 3. The predicted molar refractivity (Wildman–Crippen MR) is 72.6 cm³/mol. The van der Waals surface area contributed by atoms with Crippen molar-refractivity contribution >= 4 is 11.6 Å². The Kier molecular flexibility index (Phi) is 4.18. The maximum Gasteiger partial charge on any atom is 0.124 e. The molecule has 0 aliphatic carbocycles. The number of nitrogens with two attached hydrogens (primary N) is 1. The summed E-state index contributed by atoms with van der Waals surface area (Å²) in [7, 11) is 0. The lowest BCUT2D eigenvalue weighted by Gasteiger charge is -2.11. The zero-order valence-corrected chi connectivity index (χ0v) is 10.9. The van der Waals surface area contributed by atoms with E-state index in [1.54, 1.807) is 6.20 Å². The van der Waals surface area contributed by atoms with Gasteiger partial charge in [-0.05, 0) is 30.7 Å². The third-order valence-corrected chi connectivity index (χ3v) is 2.95. The van der Waals surface area contributed by atoms with E-state index in [0.717, 1.165) is 22.6 Å². The fourth-order valence-corrected chi connectivity index (χ4v) is 1.83. The maximum atomic E-state index is 5.94. The van der Waals surface area contributed by atoms with Crippen LogP contribution in [-0.4, -0.2) is 4.98 Å². The van der Waals surface area contributed by atoms with Gasteiger partial charge in [-0.15, -0.1) is 0 Å². The molecule has 0 radical (unpaired) electrons. The van der Waals surface area contributed by atoms with Crippen molar-refractivity contribution in [1.29, 1.82) is 0 Å². The third-order valence-electron chi connectivity index (χ3n) is 2.71. The molecule has 1 heterocycles. The van der Waals surface area contributed by atoms with Gasteiger partial charge < -0.3 is 10.5 Å². The maximum absolute atomic E-state index is 5.94. The minimum Gasteiger partial charge on any atom is -0.489 e. The molecule has 4 heteroatoms. The molecule has 1 aromatic heterocycles. The molecule has 0 amide bonds. The molecule has 0 saturated heterocycles. The normalized spacial score (nSPS) is 10.4. The number of pyridine rings is 1. The molecule has 2 N–H and O–H groups in total. The van der Waals surface area contributed by atoms with Gasteiger partial charge in [0.25, 0.3) is 0 Å². The monoisotopic (exact) mass is 262 g/mol. The second-order valence-electron chi connectivity index (χ2n) is 4.01. The molecule has 1 aromatic carbocycles. The average molecular weight is 263 g/mol. The van der Waals surface area contributed by atoms with Crippen LogP contribution >= 0.6 is 11.6 Å². The first-order chi connectivity index (χ1) is 8.70. The Morgan fingerprint density at radius 1 is 1.33 bits per heavy atom. The van der Waals surface area contributed by atoms with Crippen LogP contribution in [0.3, 0.4) is 0 Å². The lowest BCUT2D eigenvalue weighted by Crippen LogP contribution is -2.07. The highest BCUT2D eigenvalue weighted by Gasteiger charge is 2.05. The summed E-state index contributed by atoms with van der Waals surface area (Å²) in [6.07, 6.45) is 1.73. The molecule has 0 atom stereocenters. The number of benzene rings is 1.